The van der Waals surface area contributed by atoms with E-state index < -0.39 is 0 Å². The second-order valence-electron chi connectivity index (χ2n) is 4.04. The summed E-state index contributed by atoms with van der Waals surface area (Å²) >= 11 is 1.74. The van der Waals surface area contributed by atoms with Gasteiger partial charge in [-0.3, -0.25) is 0 Å². The van der Waals surface area contributed by atoms with Crippen molar-refractivity contribution in [1.29, 1.82) is 0 Å². The number of aromatic nitrogens is 1. The van der Waals surface area contributed by atoms with E-state index in [4.69, 9.17) is 0 Å². The smallest absolute Gasteiger partial charge is 0.0929 e. The van der Waals surface area contributed by atoms with Crippen molar-refractivity contribution in [2.45, 2.75) is 13.3 Å². The zero-order chi connectivity index (χ0) is 11.7. The van der Waals surface area contributed by atoms with Crippen LogP contribution in [0.1, 0.15) is 11.9 Å². The average molecular weight is 239 g/mol. The summed E-state index contributed by atoms with van der Waals surface area (Å²) in [7, 11) is 0. The van der Waals surface area contributed by atoms with Gasteiger partial charge >= 0.3 is 0 Å². The Balaban J connectivity index is 2.11. The van der Waals surface area contributed by atoms with E-state index in [9.17, 15) is 0 Å². The molecule has 84 valence electrons. The molecule has 0 radical (unpaired) electrons. The van der Waals surface area contributed by atoms with Crippen LogP contribution in [0.4, 0.5) is 0 Å². The minimum atomic E-state index is 1.01. The normalized spacial score (nSPS) is 10.9. The molecule has 3 rings (SSSR count). The number of nitrogens with zero attached hydrogens (tertiary/aromatic N) is 1. The Kier molecular flexibility index (Phi) is 2.65. The fourth-order valence-electron chi connectivity index (χ4n) is 1.95. The molecule has 0 aliphatic carbocycles. The highest BCUT2D eigenvalue weighted by Gasteiger charge is 2.03. The monoisotopic (exact) mass is 239 g/mol. The summed E-state index contributed by atoms with van der Waals surface area (Å²) in [5, 5.41) is 5.90. The quantitative estimate of drug-likeness (QED) is 0.640. The number of fused-ring (bicyclic) bond motifs is 1. The Morgan fingerprint density at radius 2 is 1.88 bits per heavy atom. The van der Waals surface area contributed by atoms with E-state index in [0.717, 1.165) is 12.1 Å². The minimum absolute atomic E-state index is 1.01. The second-order valence-corrected chi connectivity index (χ2v) is 4.98. The third kappa shape index (κ3) is 1.96. The number of hydrogen-bond donors (Lipinski definition) is 0. The molecule has 3 aromatic rings. The summed E-state index contributed by atoms with van der Waals surface area (Å²) in [5.74, 6) is 0. The topological polar surface area (TPSA) is 12.9 Å². The van der Waals surface area contributed by atoms with Gasteiger partial charge in [-0.1, -0.05) is 43.3 Å². The molecular formula is C15H13NS. The first-order valence-electron chi connectivity index (χ1n) is 5.80. The molecule has 0 bridgehead atoms. The molecule has 0 unspecified atom stereocenters. The van der Waals surface area contributed by atoms with Crippen molar-refractivity contribution in [2.24, 2.45) is 0 Å². The summed E-state index contributed by atoms with van der Waals surface area (Å²) in [5.41, 5.74) is 2.30. The number of benzene rings is 2. The number of thiazole rings is 1. The van der Waals surface area contributed by atoms with Gasteiger partial charge in [0.1, 0.15) is 0 Å². The molecule has 0 fully saturated rings. The maximum absolute atomic E-state index is 4.62. The third-order valence-electron chi connectivity index (χ3n) is 2.90. The molecule has 17 heavy (non-hydrogen) atoms. The zero-order valence-electron chi connectivity index (χ0n) is 9.68. The molecule has 2 heteroatoms. The minimum Gasteiger partial charge on any atom is -0.241 e. The van der Waals surface area contributed by atoms with E-state index in [-0.39, 0.29) is 0 Å². The van der Waals surface area contributed by atoms with Gasteiger partial charge in [-0.25, -0.2) is 4.98 Å². The van der Waals surface area contributed by atoms with Crippen LogP contribution in [-0.4, -0.2) is 4.98 Å². The van der Waals surface area contributed by atoms with Gasteiger partial charge in [0.05, 0.1) is 10.7 Å². The summed E-state index contributed by atoms with van der Waals surface area (Å²) < 4.78 is 0. The Morgan fingerprint density at radius 3 is 2.65 bits per heavy atom. The second kappa shape index (κ2) is 4.30. The largest absolute Gasteiger partial charge is 0.241 e. The SMILES string of the molecule is CCc1nc(-c2ccc3ccccc3c2)cs1. The predicted molar refractivity (Wildman–Crippen MR) is 74.4 cm³/mol. The van der Waals surface area contributed by atoms with Gasteiger partial charge in [-0.05, 0) is 23.3 Å². The summed E-state index contributed by atoms with van der Waals surface area (Å²) in [4.78, 5) is 4.62. The average Bonchev–Trinajstić information content (AvgIpc) is 2.87. The maximum atomic E-state index is 4.62. The van der Waals surface area contributed by atoms with Crippen molar-refractivity contribution in [3.63, 3.8) is 0 Å². The van der Waals surface area contributed by atoms with E-state index in [1.165, 1.54) is 21.3 Å². The summed E-state index contributed by atoms with van der Waals surface area (Å²) in [6, 6.07) is 14.9. The number of aryl methyl sites for hydroxylation is 1. The Morgan fingerprint density at radius 1 is 1.06 bits per heavy atom. The first-order chi connectivity index (χ1) is 8.36. The first kappa shape index (κ1) is 10.5. The standard InChI is InChI=1S/C15H13NS/c1-2-15-16-14(10-17-15)13-8-7-11-5-3-4-6-12(11)9-13/h3-10H,2H2,1H3. The van der Waals surface area contributed by atoms with Gasteiger partial charge in [0.15, 0.2) is 0 Å². The molecule has 1 aromatic heterocycles. The van der Waals surface area contributed by atoms with Crippen LogP contribution in [0.25, 0.3) is 22.0 Å². The Labute approximate surface area is 105 Å². The van der Waals surface area contributed by atoms with Crippen molar-refractivity contribution < 1.29 is 0 Å². The highest BCUT2D eigenvalue weighted by molar-refractivity contribution is 7.09. The third-order valence-corrected chi connectivity index (χ3v) is 3.89. The molecule has 0 amide bonds. The van der Waals surface area contributed by atoms with Gasteiger partial charge < -0.3 is 0 Å². The van der Waals surface area contributed by atoms with Crippen molar-refractivity contribution in [3.8, 4) is 11.3 Å². The molecule has 2 aromatic carbocycles. The van der Waals surface area contributed by atoms with Gasteiger partial charge in [0.25, 0.3) is 0 Å². The lowest BCUT2D eigenvalue weighted by molar-refractivity contribution is 1.10. The van der Waals surface area contributed by atoms with E-state index in [0.29, 0.717) is 0 Å². The van der Waals surface area contributed by atoms with Gasteiger partial charge in [0, 0.05) is 10.9 Å². The lowest BCUT2D eigenvalue weighted by Gasteiger charge is -2.00. The van der Waals surface area contributed by atoms with Crippen LogP contribution in [0.3, 0.4) is 0 Å². The fraction of sp³-hybridized carbons (Fsp3) is 0.133. The molecule has 0 aliphatic rings. The van der Waals surface area contributed by atoms with Gasteiger partial charge in [-0.15, -0.1) is 11.3 Å². The van der Waals surface area contributed by atoms with E-state index in [1.807, 2.05) is 0 Å². The molecule has 1 heterocycles. The lowest BCUT2D eigenvalue weighted by Crippen LogP contribution is -1.81. The molecular weight excluding hydrogens is 226 g/mol. The highest BCUT2D eigenvalue weighted by Crippen LogP contribution is 2.25. The lowest BCUT2D eigenvalue weighted by atomic mass is 10.1. The molecule has 0 spiro atoms. The summed E-state index contributed by atoms with van der Waals surface area (Å²) in [6.45, 7) is 2.14. The first-order valence-corrected chi connectivity index (χ1v) is 6.68. The van der Waals surface area contributed by atoms with Crippen molar-refractivity contribution in [3.05, 3.63) is 52.9 Å². The molecule has 0 N–H and O–H groups in total. The van der Waals surface area contributed by atoms with Gasteiger partial charge in [0.2, 0.25) is 0 Å². The van der Waals surface area contributed by atoms with Crippen LogP contribution in [0, 0.1) is 0 Å². The number of rotatable bonds is 2. The van der Waals surface area contributed by atoms with Crippen molar-refractivity contribution in [1.82, 2.24) is 4.98 Å². The van der Waals surface area contributed by atoms with Crippen LogP contribution in [0.15, 0.2) is 47.8 Å². The molecule has 0 atom stereocenters. The van der Waals surface area contributed by atoms with E-state index in [2.05, 4.69) is 59.8 Å². The zero-order valence-corrected chi connectivity index (χ0v) is 10.5. The molecule has 0 aliphatic heterocycles. The van der Waals surface area contributed by atoms with Crippen LogP contribution >= 0.6 is 11.3 Å². The highest BCUT2D eigenvalue weighted by atomic mass is 32.1. The summed E-state index contributed by atoms with van der Waals surface area (Å²) in [6.07, 6.45) is 1.01. The molecule has 1 nitrogen and oxygen atoms in total. The maximum Gasteiger partial charge on any atom is 0.0929 e. The van der Waals surface area contributed by atoms with Crippen molar-refractivity contribution >= 4 is 22.1 Å². The van der Waals surface area contributed by atoms with Crippen LogP contribution in [0.5, 0.6) is 0 Å². The Hall–Kier alpha value is -1.67. The van der Waals surface area contributed by atoms with Crippen LogP contribution < -0.4 is 0 Å². The fourth-order valence-corrected chi connectivity index (χ4v) is 2.71. The van der Waals surface area contributed by atoms with Crippen molar-refractivity contribution in [2.75, 3.05) is 0 Å². The van der Waals surface area contributed by atoms with Crippen LogP contribution in [-0.2, 0) is 6.42 Å². The number of hydrogen-bond acceptors (Lipinski definition) is 2. The van der Waals surface area contributed by atoms with E-state index in [1.54, 1.807) is 11.3 Å². The molecule has 0 saturated carbocycles. The molecule has 0 saturated heterocycles. The van der Waals surface area contributed by atoms with E-state index >= 15 is 0 Å². The van der Waals surface area contributed by atoms with Gasteiger partial charge in [-0.2, -0.15) is 0 Å². The Bertz CT molecular complexity index is 655. The van der Waals surface area contributed by atoms with Crippen LogP contribution in [0.2, 0.25) is 0 Å². The predicted octanol–water partition coefficient (Wildman–Crippen LogP) is 4.53.